The van der Waals surface area contributed by atoms with Gasteiger partial charge in [-0.1, -0.05) is 70.5 Å². The van der Waals surface area contributed by atoms with Crippen molar-refractivity contribution in [3.63, 3.8) is 0 Å². The lowest BCUT2D eigenvalue weighted by atomic mass is 10.0. The van der Waals surface area contributed by atoms with Gasteiger partial charge in [-0.15, -0.1) is 11.5 Å². The lowest BCUT2D eigenvalue weighted by molar-refractivity contribution is 0.177. The number of thiol groups is 1. The number of allylic oxidation sites excluding steroid dienone is 2. The number of aliphatic hydroxyl groups excluding tert-OH is 2. The minimum absolute atomic E-state index is 0.0174. The quantitative estimate of drug-likeness (QED) is 0.0416. The van der Waals surface area contributed by atoms with Crippen molar-refractivity contribution in [2.24, 2.45) is 5.18 Å². The van der Waals surface area contributed by atoms with Crippen molar-refractivity contribution in [1.29, 1.82) is 0 Å². The highest BCUT2D eigenvalue weighted by Crippen LogP contribution is 2.46. The van der Waals surface area contributed by atoms with Crippen LogP contribution < -0.4 is 4.90 Å². The Morgan fingerprint density at radius 3 is 1.81 bits per heavy atom. The number of nitroso groups, excluding NO2 is 1. The van der Waals surface area contributed by atoms with Gasteiger partial charge in [0.1, 0.15) is 23.5 Å². The van der Waals surface area contributed by atoms with Crippen LogP contribution in [0.1, 0.15) is 78.2 Å². The van der Waals surface area contributed by atoms with E-state index in [1.54, 1.807) is 53.4 Å². The van der Waals surface area contributed by atoms with Crippen LogP contribution in [0.25, 0.3) is 0 Å². The monoisotopic (exact) mass is 710 g/mol. The smallest absolute Gasteiger partial charge is 0.351 e. The van der Waals surface area contributed by atoms with E-state index in [9.17, 15) is 23.4 Å². The number of aliphatic hydroxyl groups is 2. The fourth-order valence-electron chi connectivity index (χ4n) is 3.64. The molecular weight excluding hydrogens is 657 g/mol. The van der Waals surface area contributed by atoms with Crippen LogP contribution in [-0.4, -0.2) is 39.1 Å². The first-order valence-electron chi connectivity index (χ1n) is 15.5. The van der Waals surface area contributed by atoms with E-state index in [0.29, 0.717) is 36.6 Å². The zero-order valence-corrected chi connectivity index (χ0v) is 30.7. The van der Waals surface area contributed by atoms with Crippen molar-refractivity contribution in [2.45, 2.75) is 78.9 Å². The summed E-state index contributed by atoms with van der Waals surface area (Å²) in [4.78, 5) is 29.8. The summed E-state index contributed by atoms with van der Waals surface area (Å²) in [6.07, 6.45) is 2.74. The molecule has 0 radical (unpaired) electrons. The summed E-state index contributed by atoms with van der Waals surface area (Å²) >= 11 is 4.16. The van der Waals surface area contributed by atoms with E-state index in [0.717, 1.165) is 30.4 Å². The normalized spacial score (nSPS) is 11.3. The molecule has 12 heteroatoms. The highest BCUT2D eigenvalue weighted by molar-refractivity contribution is 7.80. The van der Waals surface area contributed by atoms with Crippen molar-refractivity contribution in [1.82, 2.24) is 0 Å². The fraction of sp³-hybridized carbons (Fsp3) is 0.389. The lowest BCUT2D eigenvalue weighted by Crippen LogP contribution is -2.30. The van der Waals surface area contributed by atoms with E-state index in [4.69, 9.17) is 14.9 Å². The van der Waals surface area contributed by atoms with Gasteiger partial charge in [0.25, 0.3) is 0 Å². The highest BCUT2D eigenvalue weighted by Gasteiger charge is 2.20. The van der Waals surface area contributed by atoms with Gasteiger partial charge in [0.2, 0.25) is 0 Å². The Balaban J connectivity index is 0. The van der Waals surface area contributed by atoms with Crippen molar-refractivity contribution in [2.75, 3.05) is 17.8 Å². The molecule has 0 fully saturated rings. The van der Waals surface area contributed by atoms with Crippen LogP contribution in [0.4, 0.5) is 25.8 Å². The SMILES string of the molecule is C=C(C)CCCC(=C)P(=O)(O)O.CC(CS)c1ccc(F)cc1.CCC.CCC(O)N(c1ccc(F)cc1)c1ccccc1N=O.CO. The molecule has 2 unspecified atom stereocenters. The second kappa shape index (κ2) is 26.7. The minimum atomic E-state index is -4.04. The fourth-order valence-corrected chi connectivity index (χ4v) is 4.30. The Kier molecular flexibility index (Phi) is 26.1. The Morgan fingerprint density at radius 1 is 0.917 bits per heavy atom. The van der Waals surface area contributed by atoms with Gasteiger partial charge in [-0.05, 0) is 104 Å². The third kappa shape index (κ3) is 19.6. The summed E-state index contributed by atoms with van der Waals surface area (Å²) in [5, 5.41) is 20.2. The van der Waals surface area contributed by atoms with E-state index < -0.39 is 13.8 Å². The number of halogens is 2. The predicted octanol–water partition coefficient (Wildman–Crippen LogP) is 10.4. The summed E-state index contributed by atoms with van der Waals surface area (Å²) in [6.45, 7) is 17.0. The molecule has 3 aromatic carbocycles. The molecular formula is C36H53F2N2O6PS. The number of rotatable bonds is 12. The molecule has 4 N–H and O–H groups in total. The van der Waals surface area contributed by atoms with Gasteiger partial charge >= 0.3 is 7.60 Å². The highest BCUT2D eigenvalue weighted by atomic mass is 32.1. The second-order valence-corrected chi connectivity index (χ2v) is 12.7. The Bertz CT molecular complexity index is 1370. The van der Waals surface area contributed by atoms with Crippen molar-refractivity contribution >= 4 is 37.3 Å². The molecule has 0 saturated carbocycles. The molecule has 0 amide bonds. The summed E-state index contributed by atoms with van der Waals surface area (Å²) in [5.74, 6) is 0.659. The van der Waals surface area contributed by atoms with Crippen molar-refractivity contribution in [3.8, 4) is 0 Å². The maximum atomic E-state index is 13.0. The van der Waals surface area contributed by atoms with Gasteiger partial charge in [0, 0.05) is 18.1 Å². The molecule has 0 aliphatic carbocycles. The Hall–Kier alpha value is -3.18. The average Bonchev–Trinajstić information content (AvgIpc) is 3.07. The third-order valence-electron chi connectivity index (χ3n) is 6.20. The molecule has 268 valence electrons. The van der Waals surface area contributed by atoms with E-state index in [2.05, 4.69) is 51.7 Å². The topological polar surface area (TPSA) is 131 Å². The van der Waals surface area contributed by atoms with Gasteiger partial charge in [-0.25, -0.2) is 8.78 Å². The molecule has 3 rings (SSSR count). The standard InChI is InChI=1S/C15H15FN2O2.C9H11FS.C8H15O3P.C3H8.CH4O/c1-2-15(19)18(12-9-7-11(16)8-10-12)14-6-4-3-5-13(14)17-20;1-7(6-11)8-2-4-9(10)5-3-8;1-7(2)5-4-6-8(3)12(9,10)11;1-3-2;1-2/h3-10,15,19H,2H2,1H3;2-5,7,11H,6H2,1H3;1,3-6H2,2H3,(H2,9,10,11);3H2,1-2H3;2H,1H3. The molecule has 0 aromatic heterocycles. The maximum Gasteiger partial charge on any atom is 0.351 e. The summed E-state index contributed by atoms with van der Waals surface area (Å²) < 4.78 is 36.0. The van der Waals surface area contributed by atoms with Gasteiger partial charge in [0.15, 0.2) is 0 Å². The van der Waals surface area contributed by atoms with Crippen LogP contribution in [0.5, 0.6) is 0 Å². The first kappa shape index (κ1) is 46.9. The lowest BCUT2D eigenvalue weighted by Gasteiger charge is -2.30. The van der Waals surface area contributed by atoms with E-state index in [1.807, 2.05) is 13.8 Å². The molecule has 0 bridgehead atoms. The minimum Gasteiger partial charge on any atom is -0.400 e. The second-order valence-electron chi connectivity index (χ2n) is 10.6. The molecule has 0 spiro atoms. The number of anilines is 2. The van der Waals surface area contributed by atoms with Gasteiger partial charge < -0.3 is 24.9 Å². The molecule has 48 heavy (non-hydrogen) atoms. The van der Waals surface area contributed by atoms with Crippen molar-refractivity contribution in [3.05, 3.63) is 119 Å². The number of para-hydroxylation sites is 1. The molecule has 0 aliphatic heterocycles. The van der Waals surface area contributed by atoms with Crippen LogP contribution in [-0.2, 0) is 4.57 Å². The number of nitrogens with zero attached hydrogens (tertiary/aromatic N) is 2. The molecule has 2 atom stereocenters. The molecule has 0 aliphatic rings. The largest absolute Gasteiger partial charge is 0.400 e. The number of hydrogen-bond donors (Lipinski definition) is 5. The Morgan fingerprint density at radius 2 is 1.40 bits per heavy atom. The molecule has 3 aromatic rings. The van der Waals surface area contributed by atoms with Crippen LogP contribution in [0.15, 0.2) is 102 Å². The first-order valence-corrected chi connectivity index (χ1v) is 17.8. The molecule has 8 nitrogen and oxygen atoms in total. The third-order valence-corrected chi connectivity index (χ3v) is 7.80. The molecule has 0 saturated heterocycles. The Labute approximate surface area is 290 Å². The van der Waals surface area contributed by atoms with Gasteiger partial charge in [-0.3, -0.25) is 4.57 Å². The predicted molar refractivity (Wildman–Crippen MR) is 199 cm³/mol. The van der Waals surface area contributed by atoms with E-state index in [-0.39, 0.29) is 22.6 Å². The van der Waals surface area contributed by atoms with E-state index in [1.165, 1.54) is 30.7 Å². The van der Waals surface area contributed by atoms with Crippen LogP contribution in [0.3, 0.4) is 0 Å². The van der Waals surface area contributed by atoms with E-state index >= 15 is 0 Å². The van der Waals surface area contributed by atoms with Gasteiger partial charge in [0.05, 0.1) is 5.69 Å². The van der Waals surface area contributed by atoms with Crippen LogP contribution in [0.2, 0.25) is 0 Å². The van der Waals surface area contributed by atoms with Crippen LogP contribution >= 0.6 is 20.2 Å². The first-order chi connectivity index (χ1) is 22.7. The summed E-state index contributed by atoms with van der Waals surface area (Å²) in [5.41, 5.74) is 3.47. The van der Waals surface area contributed by atoms with Crippen molar-refractivity contribution < 1.29 is 33.3 Å². The number of hydrogen-bond acceptors (Lipinski definition) is 7. The zero-order valence-electron chi connectivity index (χ0n) is 28.9. The summed E-state index contributed by atoms with van der Waals surface area (Å²) in [6, 6.07) is 19.0. The van der Waals surface area contributed by atoms with Gasteiger partial charge in [-0.2, -0.15) is 12.6 Å². The zero-order chi connectivity index (χ0) is 37.3. The maximum absolute atomic E-state index is 13.0. The summed E-state index contributed by atoms with van der Waals surface area (Å²) in [7, 11) is -3.04. The molecule has 0 heterocycles. The van der Waals surface area contributed by atoms with Crippen LogP contribution in [0, 0.1) is 16.5 Å². The number of benzene rings is 3. The average molecular weight is 711 g/mol.